The third kappa shape index (κ3) is 2.80. The molecule has 2 nitrogen and oxygen atoms in total. The van der Waals surface area contributed by atoms with E-state index in [1.54, 1.807) is 0 Å². The van der Waals surface area contributed by atoms with Crippen LogP contribution in [0.2, 0.25) is 5.02 Å². The Balaban J connectivity index is 1.96. The molecule has 1 N–H and O–H groups in total. The van der Waals surface area contributed by atoms with Gasteiger partial charge in [0.2, 0.25) is 0 Å². The number of aryl methyl sites for hydroxylation is 2. The fourth-order valence-corrected chi connectivity index (χ4v) is 4.35. The summed E-state index contributed by atoms with van der Waals surface area (Å²) in [5.41, 5.74) is 2.46. The second-order valence-electron chi connectivity index (χ2n) is 5.02. The van der Waals surface area contributed by atoms with Crippen molar-refractivity contribution < 1.29 is 0 Å². The molecule has 5 heteroatoms. The molecule has 2 aromatic rings. The highest BCUT2D eigenvalue weighted by Gasteiger charge is 2.21. The summed E-state index contributed by atoms with van der Waals surface area (Å²) >= 11 is 11.5. The fraction of sp³-hybridized carbons (Fsp3) is 0.400. The molecule has 0 fully saturated rings. The highest BCUT2D eigenvalue weighted by Crippen LogP contribution is 2.34. The lowest BCUT2D eigenvalue weighted by molar-refractivity contribution is 0.661. The smallest absolute Gasteiger partial charge is 0.115 e. The Morgan fingerprint density at radius 1 is 1.35 bits per heavy atom. The number of rotatable bonds is 3. The number of halogens is 2. The van der Waals surface area contributed by atoms with Crippen LogP contribution in [0.5, 0.6) is 0 Å². The van der Waals surface area contributed by atoms with Gasteiger partial charge in [-0.3, -0.25) is 0 Å². The summed E-state index contributed by atoms with van der Waals surface area (Å²) < 4.78 is 0.927. The van der Waals surface area contributed by atoms with Crippen LogP contribution in [-0.4, -0.2) is 12.0 Å². The molecule has 1 aromatic heterocycles. The minimum atomic E-state index is 0.121. The Morgan fingerprint density at radius 3 is 2.85 bits per heavy atom. The Labute approximate surface area is 136 Å². The van der Waals surface area contributed by atoms with Crippen LogP contribution in [0, 0.1) is 0 Å². The molecule has 20 heavy (non-hydrogen) atoms. The van der Waals surface area contributed by atoms with E-state index in [9.17, 15) is 0 Å². The van der Waals surface area contributed by atoms with Crippen molar-refractivity contribution in [3.05, 3.63) is 48.8 Å². The third-order valence-electron chi connectivity index (χ3n) is 3.67. The summed E-state index contributed by atoms with van der Waals surface area (Å²) in [6.07, 6.45) is 4.88. The lowest BCUT2D eigenvalue weighted by atomic mass is 10.0. The van der Waals surface area contributed by atoms with Crippen molar-refractivity contribution in [2.75, 3.05) is 7.05 Å². The van der Waals surface area contributed by atoms with Gasteiger partial charge in [-0.1, -0.05) is 17.7 Å². The molecule has 0 spiro atoms. The molecule has 3 rings (SSSR count). The molecule has 1 atom stereocenters. The van der Waals surface area contributed by atoms with Gasteiger partial charge in [0.1, 0.15) is 5.01 Å². The number of benzene rings is 1. The zero-order valence-corrected chi connectivity index (χ0v) is 14.4. The molecule has 0 radical (unpaired) electrons. The van der Waals surface area contributed by atoms with Crippen LogP contribution in [-0.2, 0) is 12.8 Å². The minimum absolute atomic E-state index is 0.121. The lowest BCUT2D eigenvalue weighted by Crippen LogP contribution is -2.17. The van der Waals surface area contributed by atoms with E-state index in [2.05, 4.69) is 27.3 Å². The van der Waals surface area contributed by atoms with Crippen LogP contribution in [0.1, 0.15) is 40.0 Å². The zero-order chi connectivity index (χ0) is 14.1. The number of nitrogens with zero attached hydrogens (tertiary/aromatic N) is 1. The first kappa shape index (κ1) is 14.5. The van der Waals surface area contributed by atoms with Crippen LogP contribution in [0.4, 0.5) is 0 Å². The van der Waals surface area contributed by atoms with Crippen molar-refractivity contribution in [1.82, 2.24) is 10.3 Å². The van der Waals surface area contributed by atoms with Gasteiger partial charge in [-0.15, -0.1) is 11.3 Å². The first-order valence-electron chi connectivity index (χ1n) is 6.79. The molecule has 1 aliphatic carbocycles. The normalized spacial score (nSPS) is 15.9. The Kier molecular flexibility index (Phi) is 4.46. The maximum Gasteiger partial charge on any atom is 0.115 e. The lowest BCUT2D eigenvalue weighted by Gasteiger charge is -2.14. The number of aromatic nitrogens is 1. The van der Waals surface area contributed by atoms with Crippen LogP contribution < -0.4 is 5.32 Å². The Morgan fingerprint density at radius 2 is 2.15 bits per heavy atom. The van der Waals surface area contributed by atoms with Gasteiger partial charge in [-0.25, -0.2) is 4.98 Å². The number of nitrogens with one attached hydrogen (secondary N) is 1. The van der Waals surface area contributed by atoms with Crippen molar-refractivity contribution in [2.24, 2.45) is 0 Å². The van der Waals surface area contributed by atoms with Crippen LogP contribution >= 0.6 is 38.9 Å². The topological polar surface area (TPSA) is 24.9 Å². The summed E-state index contributed by atoms with van der Waals surface area (Å²) in [6.45, 7) is 0. The van der Waals surface area contributed by atoms with Crippen molar-refractivity contribution in [3.63, 3.8) is 0 Å². The molecule has 0 aliphatic heterocycles. The number of fused-ring (bicyclic) bond motifs is 1. The molecule has 0 saturated heterocycles. The minimum Gasteiger partial charge on any atom is -0.307 e. The molecular weight excluding hydrogens is 356 g/mol. The van der Waals surface area contributed by atoms with Gasteiger partial charge < -0.3 is 5.32 Å². The number of thiazole rings is 1. The Bertz CT molecular complexity index is 603. The molecule has 1 unspecified atom stereocenters. The monoisotopic (exact) mass is 370 g/mol. The molecule has 0 saturated carbocycles. The van der Waals surface area contributed by atoms with Gasteiger partial charge in [0.25, 0.3) is 0 Å². The van der Waals surface area contributed by atoms with Crippen molar-refractivity contribution >= 4 is 38.9 Å². The van der Waals surface area contributed by atoms with E-state index in [-0.39, 0.29) is 6.04 Å². The summed E-state index contributed by atoms with van der Waals surface area (Å²) in [7, 11) is 1.97. The predicted octanol–water partition coefficient (Wildman–Crippen LogP) is 4.75. The van der Waals surface area contributed by atoms with Gasteiger partial charge >= 0.3 is 0 Å². The molecule has 1 heterocycles. The number of hydrogen-bond acceptors (Lipinski definition) is 3. The largest absolute Gasteiger partial charge is 0.307 e. The third-order valence-corrected chi connectivity index (χ3v) is 6.13. The summed E-state index contributed by atoms with van der Waals surface area (Å²) in [5, 5.41) is 5.26. The second-order valence-corrected chi connectivity index (χ2v) is 7.40. The average molecular weight is 372 g/mol. The van der Waals surface area contributed by atoms with E-state index in [1.807, 2.05) is 30.5 Å². The van der Waals surface area contributed by atoms with E-state index in [4.69, 9.17) is 16.6 Å². The molecule has 106 valence electrons. The molecular formula is C15H16BrClN2S. The van der Waals surface area contributed by atoms with Crippen molar-refractivity contribution in [1.29, 1.82) is 0 Å². The van der Waals surface area contributed by atoms with Crippen LogP contribution in [0.3, 0.4) is 0 Å². The summed E-state index contributed by atoms with van der Waals surface area (Å²) in [4.78, 5) is 6.32. The van der Waals surface area contributed by atoms with Gasteiger partial charge in [0.05, 0.1) is 16.8 Å². The van der Waals surface area contributed by atoms with E-state index >= 15 is 0 Å². The first-order valence-corrected chi connectivity index (χ1v) is 8.78. The Hall–Kier alpha value is -0.420. The SMILES string of the molecule is CNC(c1ccc(Br)c(Cl)c1)c1nc2c(s1)CCCC2. The predicted molar refractivity (Wildman–Crippen MR) is 88.8 cm³/mol. The standard InChI is InChI=1S/C15H16BrClN2S/c1-18-14(9-6-7-10(16)11(17)8-9)15-19-12-4-2-3-5-13(12)20-15/h6-8,14,18H,2-5H2,1H3. The summed E-state index contributed by atoms with van der Waals surface area (Å²) in [5.74, 6) is 0. The van der Waals surface area contributed by atoms with Crippen LogP contribution in [0.15, 0.2) is 22.7 Å². The maximum absolute atomic E-state index is 6.21. The van der Waals surface area contributed by atoms with Crippen molar-refractivity contribution in [3.8, 4) is 0 Å². The van der Waals surface area contributed by atoms with E-state index in [1.165, 1.54) is 29.8 Å². The molecule has 1 aliphatic rings. The maximum atomic E-state index is 6.21. The van der Waals surface area contributed by atoms with Crippen LogP contribution in [0.25, 0.3) is 0 Å². The molecule has 0 amide bonds. The zero-order valence-electron chi connectivity index (χ0n) is 11.2. The average Bonchev–Trinajstić information content (AvgIpc) is 2.87. The van der Waals surface area contributed by atoms with Gasteiger partial charge in [-0.05, 0) is 66.4 Å². The van der Waals surface area contributed by atoms with Crippen molar-refractivity contribution in [2.45, 2.75) is 31.7 Å². The highest BCUT2D eigenvalue weighted by atomic mass is 79.9. The molecule has 0 bridgehead atoms. The first-order chi connectivity index (χ1) is 9.69. The summed E-state index contributed by atoms with van der Waals surface area (Å²) in [6, 6.07) is 6.22. The van der Waals surface area contributed by atoms with Gasteiger partial charge in [-0.2, -0.15) is 0 Å². The van der Waals surface area contributed by atoms with E-state index in [0.717, 1.165) is 26.5 Å². The second kappa shape index (κ2) is 6.14. The number of hydrogen-bond donors (Lipinski definition) is 1. The van der Waals surface area contributed by atoms with E-state index < -0.39 is 0 Å². The van der Waals surface area contributed by atoms with Gasteiger partial charge in [0.15, 0.2) is 0 Å². The fourth-order valence-electron chi connectivity index (χ4n) is 2.62. The quantitative estimate of drug-likeness (QED) is 0.842. The molecule has 1 aromatic carbocycles. The highest BCUT2D eigenvalue weighted by molar-refractivity contribution is 9.10. The van der Waals surface area contributed by atoms with E-state index in [0.29, 0.717) is 0 Å². The van der Waals surface area contributed by atoms with Gasteiger partial charge in [0, 0.05) is 9.35 Å².